The zero-order valence-corrected chi connectivity index (χ0v) is 8.53. The van der Waals surface area contributed by atoms with Gasteiger partial charge in [-0.25, -0.2) is 0 Å². The largest absolute Gasteiger partial charge is 0.504 e. The summed E-state index contributed by atoms with van der Waals surface area (Å²) in [5, 5.41) is 9.49. The van der Waals surface area contributed by atoms with E-state index < -0.39 is 6.61 Å². The number of hydrogen-bond acceptors (Lipinski definition) is 3. The van der Waals surface area contributed by atoms with Crippen LogP contribution in [-0.2, 0) is 0 Å². The van der Waals surface area contributed by atoms with Gasteiger partial charge in [0.25, 0.3) is 0 Å². The summed E-state index contributed by atoms with van der Waals surface area (Å²) in [5.41, 5.74) is 0. The number of ether oxygens (including phenoxy) is 2. The quantitative estimate of drug-likeness (QED) is 0.845. The van der Waals surface area contributed by atoms with E-state index in [9.17, 15) is 13.9 Å². The molecule has 1 fully saturated rings. The van der Waals surface area contributed by atoms with Crippen LogP contribution in [0.5, 0.6) is 17.2 Å². The standard InChI is InChI=1S/C11H12F2O3/c12-11(13)16-9-3-1-2-8(14)10(9)15-6-7-4-5-7/h1-3,7,11,14H,4-6H2. The van der Waals surface area contributed by atoms with Crippen molar-refractivity contribution in [3.63, 3.8) is 0 Å². The van der Waals surface area contributed by atoms with Crippen molar-refractivity contribution in [3.8, 4) is 17.2 Å². The molecule has 0 radical (unpaired) electrons. The number of benzene rings is 1. The Morgan fingerprint density at radius 2 is 2.12 bits per heavy atom. The lowest BCUT2D eigenvalue weighted by Gasteiger charge is -2.12. The molecule has 0 atom stereocenters. The lowest BCUT2D eigenvalue weighted by Crippen LogP contribution is -2.06. The number of alkyl halides is 2. The molecule has 1 aliphatic rings. The van der Waals surface area contributed by atoms with Crippen molar-refractivity contribution in [1.29, 1.82) is 0 Å². The molecule has 1 aromatic carbocycles. The fourth-order valence-corrected chi connectivity index (χ4v) is 1.32. The van der Waals surface area contributed by atoms with Gasteiger partial charge in [0, 0.05) is 0 Å². The topological polar surface area (TPSA) is 38.7 Å². The Labute approximate surface area is 91.6 Å². The van der Waals surface area contributed by atoms with E-state index in [1.165, 1.54) is 18.2 Å². The van der Waals surface area contributed by atoms with Gasteiger partial charge in [0.15, 0.2) is 11.5 Å². The molecular formula is C11H12F2O3. The van der Waals surface area contributed by atoms with Crippen molar-refractivity contribution < 1.29 is 23.4 Å². The highest BCUT2D eigenvalue weighted by molar-refractivity contribution is 5.50. The van der Waals surface area contributed by atoms with Gasteiger partial charge in [-0.15, -0.1) is 0 Å². The molecule has 0 heterocycles. The van der Waals surface area contributed by atoms with Gasteiger partial charge in [0.05, 0.1) is 6.61 Å². The predicted molar refractivity (Wildman–Crippen MR) is 53.0 cm³/mol. The summed E-state index contributed by atoms with van der Waals surface area (Å²) in [7, 11) is 0. The zero-order chi connectivity index (χ0) is 11.5. The highest BCUT2D eigenvalue weighted by atomic mass is 19.3. The van der Waals surface area contributed by atoms with Gasteiger partial charge in [-0.2, -0.15) is 8.78 Å². The minimum atomic E-state index is -2.93. The number of halogens is 2. The Bertz CT molecular complexity index is 364. The van der Waals surface area contributed by atoms with Crippen molar-refractivity contribution in [3.05, 3.63) is 18.2 Å². The van der Waals surface area contributed by atoms with Gasteiger partial charge < -0.3 is 14.6 Å². The second-order valence-electron chi connectivity index (χ2n) is 3.74. The summed E-state index contributed by atoms with van der Waals surface area (Å²) in [6, 6.07) is 4.14. The zero-order valence-electron chi connectivity index (χ0n) is 8.53. The number of hydrogen-bond donors (Lipinski definition) is 1. The van der Waals surface area contributed by atoms with Crippen LogP contribution in [0.4, 0.5) is 8.78 Å². The van der Waals surface area contributed by atoms with Gasteiger partial charge in [-0.1, -0.05) is 6.07 Å². The van der Waals surface area contributed by atoms with Crippen molar-refractivity contribution in [2.75, 3.05) is 6.61 Å². The van der Waals surface area contributed by atoms with Crippen LogP contribution < -0.4 is 9.47 Å². The average Bonchev–Trinajstić information content (AvgIpc) is 2.99. The molecule has 2 rings (SSSR count). The van der Waals surface area contributed by atoms with Crippen molar-refractivity contribution in [2.24, 2.45) is 5.92 Å². The number of phenols is 1. The van der Waals surface area contributed by atoms with E-state index in [0.29, 0.717) is 12.5 Å². The molecule has 3 nitrogen and oxygen atoms in total. The molecular weight excluding hydrogens is 218 g/mol. The van der Waals surface area contributed by atoms with Gasteiger partial charge in [0.2, 0.25) is 5.75 Å². The number of aromatic hydroxyl groups is 1. The number of rotatable bonds is 5. The third kappa shape index (κ3) is 2.74. The average molecular weight is 230 g/mol. The van der Waals surface area contributed by atoms with Gasteiger partial charge >= 0.3 is 6.61 Å². The smallest absolute Gasteiger partial charge is 0.387 e. The van der Waals surface area contributed by atoms with Crippen LogP contribution in [0.3, 0.4) is 0 Å². The highest BCUT2D eigenvalue weighted by Gasteiger charge is 2.24. The molecule has 0 aliphatic heterocycles. The normalized spacial score (nSPS) is 15.2. The van der Waals surface area contributed by atoms with E-state index in [4.69, 9.17) is 4.74 Å². The first-order valence-electron chi connectivity index (χ1n) is 5.06. The molecule has 0 spiro atoms. The van der Waals surface area contributed by atoms with Crippen LogP contribution in [0.2, 0.25) is 0 Å². The molecule has 0 saturated heterocycles. The second kappa shape index (κ2) is 4.55. The van der Waals surface area contributed by atoms with Crippen LogP contribution in [0.15, 0.2) is 18.2 Å². The predicted octanol–water partition coefficient (Wildman–Crippen LogP) is 2.78. The monoisotopic (exact) mass is 230 g/mol. The van der Waals surface area contributed by atoms with E-state index in [2.05, 4.69) is 4.74 Å². The molecule has 16 heavy (non-hydrogen) atoms. The third-order valence-corrected chi connectivity index (χ3v) is 2.33. The molecule has 0 aromatic heterocycles. The molecule has 5 heteroatoms. The Balaban J connectivity index is 2.10. The Morgan fingerprint density at radius 3 is 2.75 bits per heavy atom. The third-order valence-electron chi connectivity index (χ3n) is 2.33. The summed E-state index contributed by atoms with van der Waals surface area (Å²) in [5.74, 6) is 0.156. The lowest BCUT2D eigenvalue weighted by molar-refractivity contribution is -0.0516. The summed E-state index contributed by atoms with van der Waals surface area (Å²) in [6.45, 7) is -2.50. The fraction of sp³-hybridized carbons (Fsp3) is 0.455. The minimum Gasteiger partial charge on any atom is -0.504 e. The van der Waals surface area contributed by atoms with Crippen LogP contribution >= 0.6 is 0 Å². The molecule has 88 valence electrons. The summed E-state index contributed by atoms with van der Waals surface area (Å²) in [4.78, 5) is 0. The highest BCUT2D eigenvalue weighted by Crippen LogP contribution is 2.39. The Hall–Kier alpha value is -1.52. The fourth-order valence-electron chi connectivity index (χ4n) is 1.32. The van der Waals surface area contributed by atoms with Crippen molar-refractivity contribution in [2.45, 2.75) is 19.5 Å². The lowest BCUT2D eigenvalue weighted by atomic mass is 10.3. The van der Waals surface area contributed by atoms with Crippen LogP contribution in [0.1, 0.15) is 12.8 Å². The van der Waals surface area contributed by atoms with Crippen LogP contribution in [0.25, 0.3) is 0 Å². The SMILES string of the molecule is Oc1cccc(OC(F)F)c1OCC1CC1. The molecule has 0 amide bonds. The molecule has 1 aliphatic carbocycles. The van der Waals surface area contributed by atoms with E-state index >= 15 is 0 Å². The first kappa shape index (κ1) is 11.0. The Kier molecular flexibility index (Phi) is 3.12. The van der Waals surface area contributed by atoms with E-state index in [-0.39, 0.29) is 17.2 Å². The molecule has 1 N–H and O–H groups in total. The van der Waals surface area contributed by atoms with E-state index in [1.54, 1.807) is 0 Å². The minimum absolute atomic E-state index is 0.00491. The molecule has 1 saturated carbocycles. The number of phenolic OH excluding ortho intramolecular Hbond substituents is 1. The van der Waals surface area contributed by atoms with Crippen molar-refractivity contribution >= 4 is 0 Å². The maximum absolute atomic E-state index is 12.1. The molecule has 0 unspecified atom stereocenters. The molecule has 1 aromatic rings. The second-order valence-corrected chi connectivity index (χ2v) is 3.74. The van der Waals surface area contributed by atoms with Crippen molar-refractivity contribution in [1.82, 2.24) is 0 Å². The summed E-state index contributed by atoms with van der Waals surface area (Å²) in [6.07, 6.45) is 2.16. The van der Waals surface area contributed by atoms with Gasteiger partial charge in [-0.05, 0) is 30.9 Å². The van der Waals surface area contributed by atoms with E-state index in [1.807, 2.05) is 0 Å². The first-order valence-corrected chi connectivity index (χ1v) is 5.06. The summed E-state index contributed by atoms with van der Waals surface area (Å²) >= 11 is 0. The summed E-state index contributed by atoms with van der Waals surface area (Å²) < 4.78 is 33.7. The van der Waals surface area contributed by atoms with Gasteiger partial charge in [0.1, 0.15) is 0 Å². The maximum atomic E-state index is 12.1. The Morgan fingerprint density at radius 1 is 1.38 bits per heavy atom. The maximum Gasteiger partial charge on any atom is 0.387 e. The molecule has 0 bridgehead atoms. The first-order chi connectivity index (χ1) is 7.66. The van der Waals surface area contributed by atoms with Crippen LogP contribution in [-0.4, -0.2) is 18.3 Å². The van der Waals surface area contributed by atoms with Gasteiger partial charge in [-0.3, -0.25) is 0 Å². The van der Waals surface area contributed by atoms with Crippen LogP contribution in [0, 0.1) is 5.92 Å². The number of para-hydroxylation sites is 1. The van der Waals surface area contributed by atoms with E-state index in [0.717, 1.165) is 12.8 Å².